The molecule has 1 aromatic heterocycles. The maximum atomic E-state index is 13.6. The van der Waals surface area contributed by atoms with Gasteiger partial charge in [0.05, 0.1) is 16.0 Å². The Balaban J connectivity index is 2.07. The molecule has 3 aromatic rings. The molecular weight excluding hydrogens is 464 g/mol. The van der Waals surface area contributed by atoms with Gasteiger partial charge in [0.25, 0.3) is 10.0 Å². The Morgan fingerprint density at radius 3 is 2.34 bits per heavy atom. The van der Waals surface area contributed by atoms with Crippen LogP contribution in [0.15, 0.2) is 59.6 Å². The zero-order chi connectivity index (χ0) is 26.0. The molecule has 0 unspecified atom stereocenters. The van der Waals surface area contributed by atoms with Gasteiger partial charge in [-0.2, -0.15) is 0 Å². The Kier molecular flexibility index (Phi) is 7.48. The van der Waals surface area contributed by atoms with Crippen molar-refractivity contribution < 1.29 is 23.1 Å². The highest BCUT2D eigenvalue weighted by atomic mass is 32.2. The number of ether oxygens (including phenoxy) is 1. The van der Waals surface area contributed by atoms with E-state index in [4.69, 9.17) is 4.74 Å². The molecule has 188 valence electrons. The summed E-state index contributed by atoms with van der Waals surface area (Å²) in [5.41, 5.74) is 1.37. The maximum Gasteiger partial charge on any atom is 0.407 e. The van der Waals surface area contributed by atoms with E-state index in [1.165, 1.54) is 3.97 Å². The summed E-state index contributed by atoms with van der Waals surface area (Å²) in [4.78, 5) is 12.3. The van der Waals surface area contributed by atoms with E-state index in [0.29, 0.717) is 11.9 Å². The lowest BCUT2D eigenvalue weighted by atomic mass is 10.0. The summed E-state index contributed by atoms with van der Waals surface area (Å²) in [6.45, 7) is 10.9. The molecule has 1 heterocycles. The molecule has 35 heavy (non-hydrogen) atoms. The first-order valence-corrected chi connectivity index (χ1v) is 12.9. The Morgan fingerprint density at radius 1 is 1.09 bits per heavy atom. The molecule has 3 rings (SSSR count). The summed E-state index contributed by atoms with van der Waals surface area (Å²) in [5.74, 6) is 0. The molecule has 0 spiro atoms. The van der Waals surface area contributed by atoms with Crippen LogP contribution in [-0.2, 0) is 21.2 Å². The zero-order valence-corrected chi connectivity index (χ0v) is 21.9. The lowest BCUT2D eigenvalue weighted by Gasteiger charge is -2.19. The molecule has 0 aliphatic rings. The molecule has 0 saturated heterocycles. The molecule has 0 aliphatic carbocycles. The number of carbonyl (C=O) groups is 1. The second-order valence-corrected chi connectivity index (χ2v) is 12.0. The average Bonchev–Trinajstić information content (AvgIpc) is 3.11. The van der Waals surface area contributed by atoms with Gasteiger partial charge >= 0.3 is 6.09 Å². The molecule has 2 N–H and O–H groups in total. The highest BCUT2D eigenvalue weighted by molar-refractivity contribution is 7.90. The quantitative estimate of drug-likeness (QED) is 0.476. The van der Waals surface area contributed by atoms with E-state index in [2.05, 4.69) is 5.32 Å². The van der Waals surface area contributed by atoms with E-state index in [0.717, 1.165) is 22.1 Å². The van der Waals surface area contributed by atoms with E-state index in [1.54, 1.807) is 89.4 Å². The largest absolute Gasteiger partial charge is 0.444 e. The number of nitrogens with one attached hydrogen (secondary N) is 1. The van der Waals surface area contributed by atoms with E-state index in [-0.39, 0.29) is 11.4 Å². The number of nitrogens with zero attached hydrogens (tertiary/aromatic N) is 1. The Labute approximate surface area is 207 Å². The molecule has 2 aromatic carbocycles. The van der Waals surface area contributed by atoms with Crippen LogP contribution in [0, 0.1) is 6.92 Å². The van der Waals surface area contributed by atoms with Gasteiger partial charge in [0.2, 0.25) is 0 Å². The van der Waals surface area contributed by atoms with Gasteiger partial charge in [-0.25, -0.2) is 17.2 Å². The van der Waals surface area contributed by atoms with Crippen LogP contribution in [0.1, 0.15) is 51.3 Å². The predicted octanol–water partition coefficient (Wildman–Crippen LogP) is 5.04. The van der Waals surface area contributed by atoms with E-state index in [1.807, 2.05) is 13.0 Å². The molecule has 0 atom stereocenters. The van der Waals surface area contributed by atoms with Crippen molar-refractivity contribution >= 4 is 33.1 Å². The minimum atomic E-state index is -3.86. The average molecular weight is 499 g/mol. The van der Waals surface area contributed by atoms with Crippen molar-refractivity contribution in [1.82, 2.24) is 9.29 Å². The number of alkyl carbamates (subject to hydrolysis) is 1. The molecule has 1 amide bonds. The van der Waals surface area contributed by atoms with Gasteiger partial charge in [0.1, 0.15) is 5.60 Å². The number of fused-ring (bicyclic) bond motifs is 1. The summed E-state index contributed by atoms with van der Waals surface area (Å²) in [7, 11) is -3.86. The monoisotopic (exact) mass is 498 g/mol. The van der Waals surface area contributed by atoms with Crippen molar-refractivity contribution in [2.45, 2.75) is 64.1 Å². The maximum absolute atomic E-state index is 13.6. The van der Waals surface area contributed by atoms with Gasteiger partial charge in [0, 0.05) is 18.1 Å². The number of amides is 1. The smallest absolute Gasteiger partial charge is 0.407 e. The normalized spacial score (nSPS) is 12.9. The summed E-state index contributed by atoms with van der Waals surface area (Å²) in [6, 6.07) is 12.1. The number of aryl methyl sites for hydroxylation is 1. The molecular formula is C27H34N2O5S. The van der Waals surface area contributed by atoms with Gasteiger partial charge in [0.15, 0.2) is 0 Å². The van der Waals surface area contributed by atoms with Gasteiger partial charge in [-0.3, -0.25) is 0 Å². The zero-order valence-electron chi connectivity index (χ0n) is 21.1. The van der Waals surface area contributed by atoms with Crippen molar-refractivity contribution in [3.8, 4) is 0 Å². The third-order valence-electron chi connectivity index (χ3n) is 5.22. The first-order valence-electron chi connectivity index (χ1n) is 11.5. The summed E-state index contributed by atoms with van der Waals surface area (Å²) < 4.78 is 33.7. The van der Waals surface area contributed by atoms with Crippen LogP contribution in [0.5, 0.6) is 0 Å². The molecule has 7 nitrogen and oxygen atoms in total. The summed E-state index contributed by atoms with van der Waals surface area (Å²) in [6.07, 6.45) is 4.92. The van der Waals surface area contributed by atoms with Crippen LogP contribution >= 0.6 is 0 Å². The Bertz CT molecular complexity index is 1340. The number of hydrogen-bond acceptors (Lipinski definition) is 5. The van der Waals surface area contributed by atoms with E-state index < -0.39 is 27.3 Å². The van der Waals surface area contributed by atoms with Gasteiger partial charge in [-0.1, -0.05) is 42.0 Å². The molecule has 0 aliphatic heterocycles. The first-order chi connectivity index (χ1) is 16.2. The minimum absolute atomic E-state index is 0.191. The van der Waals surface area contributed by atoms with Crippen LogP contribution in [0.2, 0.25) is 0 Å². The summed E-state index contributed by atoms with van der Waals surface area (Å²) in [5, 5.41) is 13.7. The highest BCUT2D eigenvalue weighted by Crippen LogP contribution is 2.30. The number of carbonyl (C=O) groups excluding carboxylic acids is 1. The second kappa shape index (κ2) is 9.87. The van der Waals surface area contributed by atoms with Crippen LogP contribution in [0.3, 0.4) is 0 Å². The van der Waals surface area contributed by atoms with Gasteiger partial charge in [-0.15, -0.1) is 0 Å². The molecule has 0 saturated carbocycles. The fraction of sp³-hybridized carbons (Fsp3) is 0.370. The lowest BCUT2D eigenvalue weighted by Crippen LogP contribution is -2.33. The van der Waals surface area contributed by atoms with Crippen molar-refractivity contribution in [1.29, 1.82) is 0 Å². The van der Waals surface area contributed by atoms with Crippen LogP contribution in [0.25, 0.3) is 17.0 Å². The predicted molar refractivity (Wildman–Crippen MR) is 139 cm³/mol. The topological polar surface area (TPSA) is 97.6 Å². The minimum Gasteiger partial charge on any atom is -0.444 e. The number of aliphatic hydroxyl groups is 1. The van der Waals surface area contributed by atoms with Crippen molar-refractivity contribution in [3.05, 3.63) is 71.4 Å². The number of benzene rings is 2. The van der Waals surface area contributed by atoms with Gasteiger partial charge < -0.3 is 15.2 Å². The Morgan fingerprint density at radius 2 is 1.74 bits per heavy atom. The lowest BCUT2D eigenvalue weighted by molar-refractivity contribution is 0.0528. The highest BCUT2D eigenvalue weighted by Gasteiger charge is 2.23. The summed E-state index contributed by atoms with van der Waals surface area (Å²) >= 11 is 0. The molecule has 0 fully saturated rings. The van der Waals surface area contributed by atoms with Crippen LogP contribution in [0.4, 0.5) is 4.79 Å². The van der Waals surface area contributed by atoms with Crippen LogP contribution in [-0.4, -0.2) is 41.3 Å². The number of hydrogen-bond donors (Lipinski definition) is 2. The third-order valence-corrected chi connectivity index (χ3v) is 6.91. The molecule has 0 radical (unpaired) electrons. The second-order valence-electron chi connectivity index (χ2n) is 10.2. The fourth-order valence-corrected chi connectivity index (χ4v) is 5.01. The number of aromatic nitrogens is 1. The first kappa shape index (κ1) is 26.5. The van der Waals surface area contributed by atoms with Gasteiger partial charge in [-0.05, 0) is 77.3 Å². The fourth-order valence-electron chi connectivity index (χ4n) is 3.62. The van der Waals surface area contributed by atoms with Crippen molar-refractivity contribution in [2.24, 2.45) is 0 Å². The van der Waals surface area contributed by atoms with E-state index >= 15 is 0 Å². The van der Waals surface area contributed by atoms with E-state index in [9.17, 15) is 18.3 Å². The van der Waals surface area contributed by atoms with Crippen molar-refractivity contribution in [2.75, 3.05) is 6.54 Å². The molecule has 0 bridgehead atoms. The van der Waals surface area contributed by atoms with Crippen molar-refractivity contribution in [3.63, 3.8) is 0 Å². The third kappa shape index (κ3) is 6.74. The standard InChI is InChI=1S/C27H34N2O5S/c1-19-10-12-22(13-11-19)35(32,33)29-18-21(15-17-28-25(30)34-26(2,3)4)24-20(8-7-9-23(24)29)14-16-27(5,6)31/h7-14,16,18,31H,15,17H2,1-6H3,(H,28,30)/b16-14+. The molecule has 8 heteroatoms. The van der Waals surface area contributed by atoms with Crippen LogP contribution < -0.4 is 5.32 Å². The number of rotatable bonds is 7. The Hall–Kier alpha value is -3.10. The SMILES string of the molecule is Cc1ccc(S(=O)(=O)n2cc(CCNC(=O)OC(C)(C)C)c3c(/C=C/C(C)(C)O)cccc32)cc1.